The van der Waals surface area contributed by atoms with Gasteiger partial charge in [0.25, 0.3) is 5.78 Å². The number of carbonyl (C=O) groups excluding carboxylic acids is 2. The van der Waals surface area contributed by atoms with Crippen molar-refractivity contribution in [3.05, 3.63) is 89.6 Å². The number of carbonyl (C=O) groups is 2. The number of ether oxygens (including phenoxy) is 2. The van der Waals surface area contributed by atoms with E-state index in [0.717, 1.165) is 0 Å². The van der Waals surface area contributed by atoms with E-state index in [2.05, 4.69) is 4.98 Å². The van der Waals surface area contributed by atoms with Gasteiger partial charge in [-0.25, -0.2) is 4.98 Å². The first-order valence-electron chi connectivity index (χ1n) is 9.56. The number of nitrogens with zero attached hydrogens (tertiary/aromatic N) is 2. The lowest BCUT2D eigenvalue weighted by Crippen LogP contribution is -2.30. The maximum absolute atomic E-state index is 13.1. The Morgan fingerprint density at radius 1 is 0.968 bits per heavy atom. The number of para-hydroxylation sites is 1. The van der Waals surface area contributed by atoms with Crippen LogP contribution in [0.1, 0.15) is 17.2 Å². The average molecular weight is 416 g/mol. The molecule has 1 fully saturated rings. The third-order valence-corrected chi connectivity index (χ3v) is 5.12. The van der Waals surface area contributed by atoms with E-state index in [-0.39, 0.29) is 11.3 Å². The summed E-state index contributed by atoms with van der Waals surface area (Å²) in [5, 5.41) is 11.2. The maximum atomic E-state index is 13.1. The molecule has 7 heteroatoms. The minimum atomic E-state index is -0.919. The van der Waals surface area contributed by atoms with Gasteiger partial charge in [-0.05, 0) is 30.3 Å². The lowest BCUT2D eigenvalue weighted by atomic mass is 9.94. The number of ketones is 1. The van der Waals surface area contributed by atoms with Gasteiger partial charge < -0.3 is 14.6 Å². The highest BCUT2D eigenvalue weighted by atomic mass is 16.5. The molecule has 1 saturated heterocycles. The van der Waals surface area contributed by atoms with E-state index in [4.69, 9.17) is 9.47 Å². The summed E-state index contributed by atoms with van der Waals surface area (Å²) < 4.78 is 10.7. The Labute approximate surface area is 179 Å². The van der Waals surface area contributed by atoms with Crippen LogP contribution in [0.5, 0.6) is 11.5 Å². The Bertz CT molecular complexity index is 1170. The molecule has 1 aliphatic rings. The van der Waals surface area contributed by atoms with Crippen LogP contribution in [0.3, 0.4) is 0 Å². The van der Waals surface area contributed by atoms with Crippen LogP contribution in [0.2, 0.25) is 0 Å². The topological polar surface area (TPSA) is 89.0 Å². The van der Waals surface area contributed by atoms with E-state index in [0.29, 0.717) is 28.4 Å². The van der Waals surface area contributed by atoms with Gasteiger partial charge in [-0.15, -0.1) is 0 Å². The van der Waals surface area contributed by atoms with Gasteiger partial charge in [0.1, 0.15) is 29.1 Å². The van der Waals surface area contributed by atoms with Crippen LogP contribution in [0.4, 0.5) is 5.82 Å². The number of rotatable bonds is 5. The van der Waals surface area contributed by atoms with E-state index in [9.17, 15) is 14.7 Å². The number of amides is 1. The van der Waals surface area contributed by atoms with E-state index in [1.54, 1.807) is 66.7 Å². The molecular weight excluding hydrogens is 396 g/mol. The maximum Gasteiger partial charge on any atom is 0.301 e. The lowest BCUT2D eigenvalue weighted by Gasteiger charge is -2.25. The fraction of sp³-hybridized carbons (Fsp3) is 0.125. The van der Waals surface area contributed by atoms with Crippen LogP contribution < -0.4 is 14.4 Å². The molecule has 3 aromatic rings. The molecule has 2 aromatic carbocycles. The van der Waals surface area contributed by atoms with Crippen molar-refractivity contribution in [2.45, 2.75) is 6.04 Å². The van der Waals surface area contributed by atoms with E-state index in [1.165, 1.54) is 25.3 Å². The fourth-order valence-corrected chi connectivity index (χ4v) is 3.68. The second-order valence-corrected chi connectivity index (χ2v) is 6.83. The molecule has 7 nitrogen and oxygen atoms in total. The van der Waals surface area contributed by atoms with Crippen LogP contribution in [-0.4, -0.2) is 36.0 Å². The number of aromatic nitrogens is 1. The van der Waals surface area contributed by atoms with Gasteiger partial charge in [-0.3, -0.25) is 14.5 Å². The number of aliphatic hydroxyl groups is 1. The third kappa shape index (κ3) is 3.50. The summed E-state index contributed by atoms with van der Waals surface area (Å²) in [5.74, 6) is -0.596. The molecule has 1 N–H and O–H groups in total. The molecule has 2 heterocycles. The summed E-state index contributed by atoms with van der Waals surface area (Å²) in [4.78, 5) is 31.8. The van der Waals surface area contributed by atoms with Gasteiger partial charge in [-0.1, -0.05) is 36.4 Å². The summed E-state index contributed by atoms with van der Waals surface area (Å²) in [7, 11) is 3.02. The van der Waals surface area contributed by atoms with Gasteiger partial charge in [0, 0.05) is 17.3 Å². The summed E-state index contributed by atoms with van der Waals surface area (Å²) >= 11 is 0. The first-order valence-corrected chi connectivity index (χ1v) is 9.56. The normalized spacial score (nSPS) is 17.6. The Kier molecular flexibility index (Phi) is 5.41. The molecule has 4 rings (SSSR count). The average Bonchev–Trinajstić information content (AvgIpc) is 3.09. The second kappa shape index (κ2) is 8.31. The predicted molar refractivity (Wildman–Crippen MR) is 115 cm³/mol. The van der Waals surface area contributed by atoms with Crippen molar-refractivity contribution < 1.29 is 24.2 Å². The van der Waals surface area contributed by atoms with Crippen LogP contribution in [0.25, 0.3) is 5.76 Å². The number of pyridine rings is 1. The monoisotopic (exact) mass is 416 g/mol. The number of methoxy groups -OCH3 is 2. The number of Topliss-reactive ketones (excluding diaryl/α,β-unsaturated/α-hetero) is 1. The van der Waals surface area contributed by atoms with Gasteiger partial charge in [-0.2, -0.15) is 0 Å². The van der Waals surface area contributed by atoms with E-state index < -0.39 is 17.7 Å². The second-order valence-electron chi connectivity index (χ2n) is 6.83. The Balaban J connectivity index is 1.98. The van der Waals surface area contributed by atoms with Crippen molar-refractivity contribution in [2.24, 2.45) is 0 Å². The highest BCUT2D eigenvalue weighted by molar-refractivity contribution is 6.51. The smallest absolute Gasteiger partial charge is 0.301 e. The lowest BCUT2D eigenvalue weighted by molar-refractivity contribution is -0.132. The molecule has 1 aromatic heterocycles. The molecule has 1 atom stereocenters. The Hall–Kier alpha value is -4.13. The first kappa shape index (κ1) is 20.2. The SMILES string of the molecule is COc1cccc(/C(O)=C2\C(=O)C(=O)N(c3ccccn3)[C@H]2c2ccccc2OC)c1. The Morgan fingerprint density at radius 2 is 1.74 bits per heavy atom. The van der Waals surface area contributed by atoms with E-state index >= 15 is 0 Å². The van der Waals surface area contributed by atoms with Crippen LogP contribution in [0.15, 0.2) is 78.5 Å². The summed E-state index contributed by atoms with van der Waals surface area (Å²) in [6, 6.07) is 17.9. The number of anilines is 1. The van der Waals surface area contributed by atoms with Crippen molar-refractivity contribution in [2.75, 3.05) is 19.1 Å². The van der Waals surface area contributed by atoms with Gasteiger partial charge in [0.2, 0.25) is 0 Å². The third-order valence-electron chi connectivity index (χ3n) is 5.12. The number of hydrogen-bond donors (Lipinski definition) is 1. The molecule has 0 unspecified atom stereocenters. The van der Waals surface area contributed by atoms with Crippen molar-refractivity contribution in [3.8, 4) is 11.5 Å². The molecule has 1 amide bonds. The largest absolute Gasteiger partial charge is 0.507 e. The molecule has 0 saturated carbocycles. The minimum absolute atomic E-state index is 0.0478. The molecule has 1 aliphatic heterocycles. The zero-order chi connectivity index (χ0) is 22.0. The highest BCUT2D eigenvalue weighted by Gasteiger charge is 2.48. The molecule has 0 aliphatic carbocycles. The van der Waals surface area contributed by atoms with Gasteiger partial charge in [0.05, 0.1) is 19.8 Å². The number of aliphatic hydroxyl groups excluding tert-OH is 1. The van der Waals surface area contributed by atoms with E-state index in [1.807, 2.05) is 0 Å². The van der Waals surface area contributed by atoms with Gasteiger partial charge in [0.15, 0.2) is 0 Å². The molecule has 0 bridgehead atoms. The summed E-state index contributed by atoms with van der Waals surface area (Å²) in [6.07, 6.45) is 1.54. The Morgan fingerprint density at radius 3 is 2.45 bits per heavy atom. The van der Waals surface area contributed by atoms with Crippen LogP contribution in [0, 0.1) is 0 Å². The molecule has 156 valence electrons. The van der Waals surface area contributed by atoms with Gasteiger partial charge >= 0.3 is 5.91 Å². The highest BCUT2D eigenvalue weighted by Crippen LogP contribution is 2.44. The summed E-state index contributed by atoms with van der Waals surface area (Å²) in [5.41, 5.74) is 0.867. The molecular formula is C24H20N2O5. The quantitative estimate of drug-likeness (QED) is 0.387. The number of hydrogen-bond acceptors (Lipinski definition) is 6. The molecule has 0 spiro atoms. The number of benzene rings is 2. The van der Waals surface area contributed by atoms with Crippen LogP contribution >= 0.6 is 0 Å². The van der Waals surface area contributed by atoms with Crippen molar-refractivity contribution >= 4 is 23.3 Å². The molecule has 0 radical (unpaired) electrons. The summed E-state index contributed by atoms with van der Waals surface area (Å²) in [6.45, 7) is 0. The van der Waals surface area contributed by atoms with Crippen molar-refractivity contribution in [1.29, 1.82) is 0 Å². The molecule has 31 heavy (non-hydrogen) atoms. The first-order chi connectivity index (χ1) is 15.1. The van der Waals surface area contributed by atoms with Crippen molar-refractivity contribution in [3.63, 3.8) is 0 Å². The van der Waals surface area contributed by atoms with Crippen molar-refractivity contribution in [1.82, 2.24) is 4.98 Å². The minimum Gasteiger partial charge on any atom is -0.507 e. The predicted octanol–water partition coefficient (Wildman–Crippen LogP) is 3.73. The zero-order valence-corrected chi connectivity index (χ0v) is 17.0. The zero-order valence-electron chi connectivity index (χ0n) is 17.0. The fourth-order valence-electron chi connectivity index (χ4n) is 3.68. The standard InChI is InChI=1S/C24H20N2O5/c1-30-16-9-7-8-15(14-16)22(27)20-21(17-10-3-4-11-18(17)31-2)26(24(29)23(20)28)19-12-5-6-13-25-19/h3-14,21,27H,1-2H3/b22-20+/t21-/m0/s1. The van der Waals surface area contributed by atoms with Crippen LogP contribution in [-0.2, 0) is 9.59 Å².